The minimum absolute atomic E-state index is 0.0730. The van der Waals surface area contributed by atoms with Crippen molar-refractivity contribution in [3.63, 3.8) is 0 Å². The lowest BCUT2D eigenvalue weighted by Gasteiger charge is -2.22. The molecule has 0 aliphatic rings. The molecule has 34 heavy (non-hydrogen) atoms. The zero-order valence-corrected chi connectivity index (χ0v) is 22.9. The third-order valence-corrected chi connectivity index (χ3v) is 6.51. The molecule has 0 aromatic rings. The van der Waals surface area contributed by atoms with E-state index in [-0.39, 0.29) is 18.3 Å². The number of hydrogen-bond donors (Lipinski definition) is 0. The minimum atomic E-state index is -0.260. The van der Waals surface area contributed by atoms with Crippen LogP contribution in [0.5, 0.6) is 0 Å². The molecular weight excluding hydrogens is 448 g/mol. The largest absolute Gasteiger partial charge is 0.435 e. The average molecular weight is 499 g/mol. The summed E-state index contributed by atoms with van der Waals surface area (Å²) in [5.41, 5.74) is 0. The number of carbonyl (C=O) groups excluding carboxylic acids is 3. The van der Waals surface area contributed by atoms with Gasteiger partial charge < -0.3 is 19.3 Å². The Labute approximate surface area is 213 Å². The first-order valence-corrected chi connectivity index (χ1v) is 14.4. The van der Waals surface area contributed by atoms with Crippen molar-refractivity contribution in [2.75, 3.05) is 45.2 Å². The van der Waals surface area contributed by atoms with E-state index >= 15 is 0 Å². The van der Waals surface area contributed by atoms with E-state index in [0.29, 0.717) is 38.1 Å². The van der Waals surface area contributed by atoms with Crippen LogP contribution in [0.4, 0.5) is 0 Å². The van der Waals surface area contributed by atoms with Crippen molar-refractivity contribution < 1.29 is 19.1 Å². The molecule has 0 aromatic heterocycles. The molecule has 0 aliphatic carbocycles. The lowest BCUT2D eigenvalue weighted by Crippen LogP contribution is -2.35. The van der Waals surface area contributed by atoms with E-state index in [1.165, 1.54) is 57.6 Å². The first-order chi connectivity index (χ1) is 16.5. The van der Waals surface area contributed by atoms with E-state index in [0.717, 1.165) is 31.4 Å². The zero-order valence-electron chi connectivity index (χ0n) is 22.1. The van der Waals surface area contributed by atoms with Crippen molar-refractivity contribution in [3.05, 3.63) is 12.3 Å². The van der Waals surface area contributed by atoms with Crippen molar-refractivity contribution in [2.45, 2.75) is 96.8 Å². The van der Waals surface area contributed by atoms with Gasteiger partial charge in [-0.05, 0) is 45.9 Å². The molecule has 0 aliphatic heterocycles. The van der Waals surface area contributed by atoms with E-state index in [1.54, 1.807) is 16.7 Å². The van der Waals surface area contributed by atoms with Gasteiger partial charge in [0.25, 0.3) is 0 Å². The van der Waals surface area contributed by atoms with Gasteiger partial charge in [0.2, 0.25) is 5.91 Å². The molecule has 0 bridgehead atoms. The number of unbranched alkanes of at least 4 members (excludes halogenated alkanes) is 10. The number of allylic oxidation sites excluding steroid dienone is 1. The Bertz CT molecular complexity index is 541. The number of ether oxygens (including phenoxy) is 1. The van der Waals surface area contributed by atoms with E-state index in [4.69, 9.17) is 4.74 Å². The Hall–Kier alpha value is -1.34. The molecule has 7 heteroatoms. The van der Waals surface area contributed by atoms with E-state index in [9.17, 15) is 14.4 Å². The number of nitrogens with zero attached hydrogens (tertiary/aromatic N) is 2. The number of amides is 1. The molecule has 6 nitrogen and oxygen atoms in total. The number of rotatable bonds is 24. The van der Waals surface area contributed by atoms with Gasteiger partial charge in [-0.3, -0.25) is 9.59 Å². The summed E-state index contributed by atoms with van der Waals surface area (Å²) in [4.78, 5) is 39.0. The van der Waals surface area contributed by atoms with Crippen LogP contribution in [-0.2, 0) is 19.1 Å². The lowest BCUT2D eigenvalue weighted by molar-refractivity contribution is -0.138. The number of hydrogen-bond acceptors (Lipinski definition) is 6. The summed E-state index contributed by atoms with van der Waals surface area (Å²) in [6.07, 6.45) is 18.9. The van der Waals surface area contributed by atoms with Gasteiger partial charge in [-0.15, -0.1) is 0 Å². The number of esters is 1. The van der Waals surface area contributed by atoms with Crippen LogP contribution >= 0.6 is 11.8 Å². The van der Waals surface area contributed by atoms with Crippen molar-refractivity contribution >= 4 is 29.9 Å². The SMILES string of the molecule is CCCCCCCCCCC/C=C\OC(=O)CCCN(CCCC=O)C(=O)CSCCN(C)C. The Kier molecular flexibility index (Phi) is 23.8. The summed E-state index contributed by atoms with van der Waals surface area (Å²) in [5.74, 6) is 1.15. The molecule has 0 saturated heterocycles. The van der Waals surface area contributed by atoms with Crippen molar-refractivity contribution in [2.24, 2.45) is 0 Å². The van der Waals surface area contributed by atoms with Crippen LogP contribution in [0.25, 0.3) is 0 Å². The summed E-state index contributed by atoms with van der Waals surface area (Å²) in [7, 11) is 4.03. The second-order valence-electron chi connectivity index (χ2n) is 9.13. The first kappa shape index (κ1) is 32.7. The fraction of sp³-hybridized carbons (Fsp3) is 0.815. The van der Waals surface area contributed by atoms with Gasteiger partial charge in [0.1, 0.15) is 6.29 Å². The van der Waals surface area contributed by atoms with Gasteiger partial charge >= 0.3 is 5.97 Å². The highest BCUT2D eigenvalue weighted by Crippen LogP contribution is 2.11. The van der Waals surface area contributed by atoms with Crippen molar-refractivity contribution in [3.8, 4) is 0 Å². The summed E-state index contributed by atoms with van der Waals surface area (Å²) in [6, 6.07) is 0. The Morgan fingerprint density at radius 1 is 0.824 bits per heavy atom. The third kappa shape index (κ3) is 22.5. The lowest BCUT2D eigenvalue weighted by atomic mass is 10.1. The van der Waals surface area contributed by atoms with Gasteiger partial charge in [-0.1, -0.05) is 58.3 Å². The molecule has 1 amide bonds. The molecule has 0 rings (SSSR count). The maximum atomic E-state index is 12.5. The van der Waals surface area contributed by atoms with Crippen molar-refractivity contribution in [1.29, 1.82) is 0 Å². The van der Waals surface area contributed by atoms with E-state index in [1.807, 2.05) is 20.2 Å². The molecule has 0 heterocycles. The van der Waals surface area contributed by atoms with Gasteiger partial charge in [0.15, 0.2) is 0 Å². The molecule has 0 radical (unpaired) electrons. The number of thioether (sulfide) groups is 1. The molecule has 198 valence electrons. The predicted molar refractivity (Wildman–Crippen MR) is 144 cm³/mol. The number of carbonyl (C=O) groups is 3. The highest BCUT2D eigenvalue weighted by atomic mass is 32.2. The van der Waals surface area contributed by atoms with Crippen LogP contribution in [0.2, 0.25) is 0 Å². The smallest absolute Gasteiger partial charge is 0.310 e. The molecular formula is C27H50N2O4S. The van der Waals surface area contributed by atoms with Crippen LogP contribution in [0.3, 0.4) is 0 Å². The highest BCUT2D eigenvalue weighted by Gasteiger charge is 2.14. The third-order valence-electron chi connectivity index (χ3n) is 5.59. The zero-order chi connectivity index (χ0) is 25.3. The van der Waals surface area contributed by atoms with Gasteiger partial charge in [0.05, 0.1) is 12.0 Å². The predicted octanol–water partition coefficient (Wildman–Crippen LogP) is 5.85. The fourth-order valence-electron chi connectivity index (χ4n) is 3.46. The molecule has 0 N–H and O–H groups in total. The Balaban J connectivity index is 3.94. The van der Waals surface area contributed by atoms with Crippen LogP contribution < -0.4 is 0 Å². The Morgan fingerprint density at radius 2 is 1.47 bits per heavy atom. The van der Waals surface area contributed by atoms with E-state index < -0.39 is 0 Å². The molecule has 0 spiro atoms. The van der Waals surface area contributed by atoms with Crippen LogP contribution in [0, 0.1) is 0 Å². The monoisotopic (exact) mass is 498 g/mol. The molecule has 0 atom stereocenters. The standard InChI is InChI=1S/C27H50N2O4S/c1-4-5-6-7-8-9-10-11-12-13-16-23-33-27(32)18-17-20-29(19-14-15-22-30)26(31)25-34-24-21-28(2)3/h16,22-23H,4-15,17-21,24-25H2,1-3H3/b23-16-. The van der Waals surface area contributed by atoms with Gasteiger partial charge in [-0.25, -0.2) is 0 Å². The van der Waals surface area contributed by atoms with Gasteiger partial charge in [0, 0.05) is 38.2 Å². The summed E-state index contributed by atoms with van der Waals surface area (Å²) in [6.45, 7) is 4.25. The quantitative estimate of drug-likeness (QED) is 0.0720. The summed E-state index contributed by atoms with van der Waals surface area (Å²) < 4.78 is 5.19. The van der Waals surface area contributed by atoms with Crippen LogP contribution in [0.15, 0.2) is 12.3 Å². The fourth-order valence-corrected chi connectivity index (χ4v) is 4.46. The second-order valence-corrected chi connectivity index (χ2v) is 10.2. The topological polar surface area (TPSA) is 66.9 Å². The second kappa shape index (κ2) is 24.8. The van der Waals surface area contributed by atoms with E-state index in [2.05, 4.69) is 11.8 Å². The maximum absolute atomic E-state index is 12.5. The molecule has 0 aromatic carbocycles. The first-order valence-electron chi connectivity index (χ1n) is 13.3. The maximum Gasteiger partial charge on any atom is 0.310 e. The average Bonchev–Trinajstić information content (AvgIpc) is 2.81. The highest BCUT2D eigenvalue weighted by molar-refractivity contribution is 7.99. The van der Waals surface area contributed by atoms with Gasteiger partial charge in [-0.2, -0.15) is 11.8 Å². The summed E-state index contributed by atoms with van der Waals surface area (Å²) >= 11 is 1.62. The normalized spacial score (nSPS) is 11.3. The van der Waals surface area contributed by atoms with Crippen LogP contribution in [0.1, 0.15) is 96.8 Å². The van der Waals surface area contributed by atoms with Crippen LogP contribution in [-0.4, -0.2) is 73.2 Å². The molecule has 0 fully saturated rings. The number of aldehydes is 1. The molecule has 0 unspecified atom stereocenters. The minimum Gasteiger partial charge on any atom is -0.435 e. The Morgan fingerprint density at radius 3 is 2.12 bits per heavy atom. The summed E-state index contributed by atoms with van der Waals surface area (Å²) in [5, 5.41) is 0. The van der Waals surface area contributed by atoms with Crippen molar-refractivity contribution in [1.82, 2.24) is 9.80 Å². The molecule has 0 saturated carbocycles.